The van der Waals surface area contributed by atoms with Gasteiger partial charge in [-0.25, -0.2) is 42.5 Å². The summed E-state index contributed by atoms with van der Waals surface area (Å²) < 4.78 is 125. The second kappa shape index (κ2) is 38.4. The van der Waals surface area contributed by atoms with Crippen molar-refractivity contribution in [1.82, 2.24) is 49.8 Å². The third-order valence-electron chi connectivity index (χ3n) is 23.5. The van der Waals surface area contributed by atoms with E-state index in [0.717, 1.165) is 131 Å². The van der Waals surface area contributed by atoms with Gasteiger partial charge in [0.05, 0.1) is 183 Å². The molecule has 0 saturated heterocycles. The zero-order valence-corrected chi connectivity index (χ0v) is 77.2. The van der Waals surface area contributed by atoms with E-state index in [2.05, 4.69) is 49.8 Å². The number of fused-ring (bicyclic) bond motifs is 5. The summed E-state index contributed by atoms with van der Waals surface area (Å²) in [5.74, 6) is -6.88. The van der Waals surface area contributed by atoms with E-state index >= 15 is 0 Å². The van der Waals surface area contributed by atoms with Crippen molar-refractivity contribution < 1.29 is 78.4 Å². The summed E-state index contributed by atoms with van der Waals surface area (Å²) in [6.07, 6.45) is 2.77. The molecule has 10 heterocycles. The van der Waals surface area contributed by atoms with Crippen molar-refractivity contribution in [1.29, 1.82) is 0 Å². The SMILES string of the molecule is COC1=C(C(C)C)C(c2cccc(F)c2F)N(c2ccc3nc[nH]c3c2)C1=O.COC1=C(C(F)(F)F)C(c2cccc(F)c2F)N(c2ccc3nc[nH]c3c2)C1=O.COC1=C(C)C(c2cccc(Cl)c2Cl)N(c2ccc3nc[nH]c3c2)C1=O.COC1=C(C)[C@@H](c2cccc(Cl)c2Cl)N(c2ccc3nc[nH]c3c2)C1=O.COC1=C(C)[C@H](c2cccc(Cl)c2Cl)N(c2ccc3nc[nH]c3c2)C1=O. The normalized spacial score (nSPS) is 17.4. The molecule has 5 atom stereocenters. The maximum Gasteiger partial charge on any atom is 0.418 e. The zero-order chi connectivity index (χ0) is 96.2. The van der Waals surface area contributed by atoms with Gasteiger partial charge in [0.25, 0.3) is 29.5 Å². The molecule has 135 heavy (non-hydrogen) atoms. The van der Waals surface area contributed by atoms with Crippen LogP contribution in [0.25, 0.3) is 55.2 Å². The molecule has 5 amide bonds. The second-order valence-corrected chi connectivity index (χ2v) is 33.7. The Kier molecular flexibility index (Phi) is 26.8. The largest absolute Gasteiger partial charge is 0.491 e. The molecular weight excluding hydrogens is 1880 g/mol. The molecular formula is C97H76Cl6F7N15O10. The van der Waals surface area contributed by atoms with Crippen LogP contribution in [0.3, 0.4) is 0 Å². The monoisotopic (exact) mass is 1950 g/mol. The Hall–Kier alpha value is -14.2. The van der Waals surface area contributed by atoms with Crippen LogP contribution in [0, 0.1) is 29.2 Å². The van der Waals surface area contributed by atoms with Gasteiger partial charge in [0.15, 0.2) is 52.1 Å². The Labute approximate surface area is 794 Å². The third-order valence-corrected chi connectivity index (χ3v) is 26.0. The summed E-state index contributed by atoms with van der Waals surface area (Å²) in [5, 5.41) is 2.61. The maximum atomic E-state index is 14.7. The highest BCUT2D eigenvalue weighted by molar-refractivity contribution is 6.44. The first kappa shape index (κ1) is 94.1. The molecule has 0 saturated carbocycles. The summed E-state index contributed by atoms with van der Waals surface area (Å²) in [6, 6.07) is 45.5. The van der Waals surface area contributed by atoms with Crippen molar-refractivity contribution >= 4 is 183 Å². The lowest BCUT2D eigenvalue weighted by atomic mass is 9.90. The number of nitrogens with one attached hydrogen (secondary N) is 5. The lowest BCUT2D eigenvalue weighted by molar-refractivity contribution is -0.118. The lowest BCUT2D eigenvalue weighted by Crippen LogP contribution is -2.32. The number of H-pyrrole nitrogens is 5. The van der Waals surface area contributed by atoms with Crippen molar-refractivity contribution in [3.8, 4) is 0 Å². The van der Waals surface area contributed by atoms with E-state index in [1.807, 2.05) is 126 Å². The van der Waals surface area contributed by atoms with Gasteiger partial charge >= 0.3 is 6.18 Å². The molecule has 20 rings (SSSR count). The Bertz CT molecular complexity index is 7050. The van der Waals surface area contributed by atoms with Crippen LogP contribution >= 0.6 is 69.6 Å². The van der Waals surface area contributed by atoms with Crippen LogP contribution in [-0.2, 0) is 47.7 Å². The number of methoxy groups -OCH3 is 5. The molecule has 10 aromatic carbocycles. The van der Waals surface area contributed by atoms with Gasteiger partial charge in [0, 0.05) is 61.9 Å². The molecule has 0 radical (unpaired) electrons. The van der Waals surface area contributed by atoms with Gasteiger partial charge in [-0.2, -0.15) is 13.2 Å². The summed E-state index contributed by atoms with van der Waals surface area (Å²) in [5.41, 5.74) is 13.5. The standard InChI is InChI=1S/C21H19F2N3O2.3C19H15Cl2N3O2.C19H12F5N3O2/c1-11(2)17-19(13-5-4-6-14(22)18(13)23)26(21(27)20(17)28-3)12-7-8-15-16(9-12)25-10-24-15;3*1-10-17(12-4-3-5-13(20)16(12)21)24(19(25)18(10)26-2)11-6-7-14-15(8-11)23-9-22-14;1-29-17-14(19(22,23)24)16(10-3-2-4-11(20)15(10)21)27(18(17)28)9-5-6-12-13(7-9)26-8-25-12/h4-11,19H,1-3H3,(H,24,25);3*3-9,17H,1-2H3,(H,22,23);2-8,16H,1H3,(H,25,26)/t;2*17-;;/m.10../s1. The summed E-state index contributed by atoms with van der Waals surface area (Å²) in [7, 11) is 6.81. The van der Waals surface area contributed by atoms with Crippen LogP contribution in [0.15, 0.2) is 270 Å². The molecule has 5 aliphatic heterocycles. The number of carbonyl (C=O) groups excluding carboxylic acids is 5. The number of ether oxygens (including phenoxy) is 5. The van der Waals surface area contributed by atoms with Crippen LogP contribution in [0.4, 0.5) is 59.2 Å². The predicted molar refractivity (Wildman–Crippen MR) is 502 cm³/mol. The number of alkyl halides is 3. The number of carbonyl (C=O) groups is 5. The second-order valence-electron chi connectivity index (χ2n) is 31.4. The Balaban J connectivity index is 0.000000123. The van der Waals surface area contributed by atoms with Crippen LogP contribution < -0.4 is 24.5 Å². The third kappa shape index (κ3) is 17.2. The minimum atomic E-state index is -5.03. The lowest BCUT2D eigenvalue weighted by Gasteiger charge is -2.28. The average Bonchev–Trinajstić information content (AvgIpc) is 1.59. The number of amides is 5. The fourth-order valence-corrected chi connectivity index (χ4v) is 18.7. The number of imidazole rings is 5. The molecule has 25 nitrogen and oxygen atoms in total. The van der Waals surface area contributed by atoms with Crippen LogP contribution in [0.5, 0.6) is 0 Å². The highest BCUT2D eigenvalue weighted by Crippen LogP contribution is 2.53. The molecule has 0 spiro atoms. The minimum absolute atomic E-state index is 0.0363. The smallest absolute Gasteiger partial charge is 0.418 e. The van der Waals surface area contributed by atoms with Crippen LogP contribution in [-0.4, -0.2) is 121 Å². The first-order valence-corrected chi connectivity index (χ1v) is 43.4. The van der Waals surface area contributed by atoms with Gasteiger partial charge in [-0.1, -0.05) is 144 Å². The Morgan fingerprint density at radius 2 is 0.570 bits per heavy atom. The van der Waals surface area contributed by atoms with E-state index in [0.29, 0.717) is 69.7 Å². The molecule has 0 aliphatic carbocycles. The van der Waals surface area contributed by atoms with Gasteiger partial charge in [-0.05, 0) is 165 Å². The van der Waals surface area contributed by atoms with Crippen LogP contribution in [0.1, 0.15) is 92.6 Å². The molecule has 690 valence electrons. The number of rotatable bonds is 16. The number of aromatic amines is 5. The van der Waals surface area contributed by atoms with Crippen LogP contribution in [0.2, 0.25) is 30.1 Å². The maximum absolute atomic E-state index is 14.7. The number of hydrogen-bond acceptors (Lipinski definition) is 15. The number of aromatic nitrogens is 10. The molecule has 3 unspecified atom stereocenters. The van der Waals surface area contributed by atoms with Gasteiger partial charge in [0.2, 0.25) is 0 Å². The van der Waals surface area contributed by atoms with E-state index in [9.17, 15) is 54.7 Å². The topological polar surface area (TPSA) is 291 Å². The van der Waals surface area contributed by atoms with E-state index < -0.39 is 88.4 Å². The molecule has 5 aliphatic rings. The number of hydrogen-bond donors (Lipinski definition) is 5. The molecule has 15 aromatic rings. The quantitative estimate of drug-likeness (QED) is 0.0562. The first-order valence-electron chi connectivity index (χ1n) is 41.2. The zero-order valence-electron chi connectivity index (χ0n) is 72.6. The summed E-state index contributed by atoms with van der Waals surface area (Å²) in [6.45, 7) is 9.40. The molecule has 0 bridgehead atoms. The highest BCUT2D eigenvalue weighted by Gasteiger charge is 2.55. The fourth-order valence-electron chi connectivity index (χ4n) is 17.4. The van der Waals surface area contributed by atoms with Gasteiger partial charge in [-0.3, -0.25) is 48.5 Å². The first-order chi connectivity index (χ1) is 64.7. The highest BCUT2D eigenvalue weighted by atomic mass is 35.5. The van der Waals surface area contributed by atoms with Crippen molar-refractivity contribution in [2.45, 2.75) is 71.0 Å². The Morgan fingerprint density at radius 3 is 0.844 bits per heavy atom. The average molecular weight is 1960 g/mol. The minimum Gasteiger partial charge on any atom is -0.491 e. The Morgan fingerprint density at radius 1 is 0.326 bits per heavy atom. The van der Waals surface area contributed by atoms with E-state index in [1.54, 1.807) is 76.4 Å². The molecule has 38 heteroatoms. The van der Waals surface area contributed by atoms with E-state index in [1.165, 1.54) is 70.0 Å². The van der Waals surface area contributed by atoms with Gasteiger partial charge in [-0.15, -0.1) is 0 Å². The van der Waals surface area contributed by atoms with Gasteiger partial charge in [0.1, 0.15) is 5.57 Å². The number of benzene rings is 10. The summed E-state index contributed by atoms with van der Waals surface area (Å²) >= 11 is 38.0. The van der Waals surface area contributed by atoms with Crippen molar-refractivity contribution in [2.75, 3.05) is 60.0 Å². The van der Waals surface area contributed by atoms with E-state index in [4.69, 9.17) is 93.3 Å². The van der Waals surface area contributed by atoms with Gasteiger partial charge < -0.3 is 48.6 Å². The fraction of sp³-hybridized carbons (Fsp3) is 0.175. The summed E-state index contributed by atoms with van der Waals surface area (Å²) in [4.78, 5) is 108. The van der Waals surface area contributed by atoms with Crippen molar-refractivity contribution in [3.05, 3.63) is 352 Å². The molecule has 5 N–H and O–H groups in total. The van der Waals surface area contributed by atoms with Crippen molar-refractivity contribution in [3.63, 3.8) is 0 Å². The van der Waals surface area contributed by atoms with E-state index in [-0.39, 0.29) is 40.6 Å². The van der Waals surface area contributed by atoms with Crippen molar-refractivity contribution in [2.24, 2.45) is 5.92 Å². The number of nitrogens with zero attached hydrogens (tertiary/aromatic N) is 10. The predicted octanol–water partition coefficient (Wildman–Crippen LogP) is 23.5. The molecule has 5 aromatic heterocycles. The number of halogens is 13. The molecule has 0 fully saturated rings. The number of anilines is 5.